The molecule has 0 bridgehead atoms. The van der Waals surface area contributed by atoms with Gasteiger partial charge in [-0.15, -0.1) is 0 Å². The molecule has 2 N–H and O–H groups in total. The summed E-state index contributed by atoms with van der Waals surface area (Å²) >= 11 is 1.75. The summed E-state index contributed by atoms with van der Waals surface area (Å²) in [6.07, 6.45) is 4.75. The lowest BCUT2D eigenvalue weighted by molar-refractivity contribution is 0.0929. The number of para-hydroxylation sites is 2. The Bertz CT molecular complexity index is 1020. The Morgan fingerprint density at radius 3 is 2.56 bits per heavy atom. The number of likely N-dealkylation sites (tertiary alicyclic amines) is 1. The molecular formula is C25H32N4O2S. The van der Waals surface area contributed by atoms with Crippen LogP contribution in [0.3, 0.4) is 0 Å². The molecule has 3 aromatic rings. The first-order valence-electron chi connectivity index (χ1n) is 11.4. The van der Waals surface area contributed by atoms with E-state index in [4.69, 9.17) is 4.98 Å². The van der Waals surface area contributed by atoms with Crippen LogP contribution < -0.4 is 5.32 Å². The van der Waals surface area contributed by atoms with E-state index in [-0.39, 0.29) is 11.9 Å². The number of hydrogen-bond donors (Lipinski definition) is 2. The second-order valence-corrected chi connectivity index (χ2v) is 9.39. The highest BCUT2D eigenvalue weighted by molar-refractivity contribution is 7.98. The van der Waals surface area contributed by atoms with E-state index in [0.717, 1.165) is 42.1 Å². The number of aromatic nitrogens is 2. The monoisotopic (exact) mass is 452 g/mol. The van der Waals surface area contributed by atoms with Crippen molar-refractivity contribution in [1.82, 2.24) is 19.8 Å². The van der Waals surface area contributed by atoms with Crippen molar-refractivity contribution in [3.63, 3.8) is 0 Å². The third kappa shape index (κ3) is 5.52. The van der Waals surface area contributed by atoms with Gasteiger partial charge in [-0.05, 0) is 68.6 Å². The lowest BCUT2D eigenvalue weighted by Gasteiger charge is -2.23. The molecule has 1 aliphatic heterocycles. The second-order valence-electron chi connectivity index (χ2n) is 8.40. The van der Waals surface area contributed by atoms with E-state index in [1.165, 1.54) is 12.8 Å². The van der Waals surface area contributed by atoms with E-state index in [1.807, 2.05) is 54.6 Å². The van der Waals surface area contributed by atoms with Crippen LogP contribution in [0.5, 0.6) is 0 Å². The molecule has 1 amide bonds. The Morgan fingerprint density at radius 1 is 1.09 bits per heavy atom. The van der Waals surface area contributed by atoms with Crippen molar-refractivity contribution >= 4 is 28.7 Å². The lowest BCUT2D eigenvalue weighted by atomic mass is 10.1. The Morgan fingerprint density at radius 2 is 1.81 bits per heavy atom. The Kier molecular flexibility index (Phi) is 7.84. The zero-order valence-electron chi connectivity index (χ0n) is 18.6. The van der Waals surface area contributed by atoms with Crippen molar-refractivity contribution in [2.45, 2.75) is 38.0 Å². The van der Waals surface area contributed by atoms with Crippen LogP contribution >= 0.6 is 11.8 Å². The van der Waals surface area contributed by atoms with E-state index in [1.54, 1.807) is 11.8 Å². The minimum absolute atomic E-state index is 0.104. The minimum atomic E-state index is -0.490. The largest absolute Gasteiger partial charge is 0.390 e. The predicted molar refractivity (Wildman–Crippen MR) is 131 cm³/mol. The number of nitrogens with one attached hydrogen (secondary N) is 1. The van der Waals surface area contributed by atoms with Crippen molar-refractivity contribution in [2.75, 3.05) is 31.6 Å². The van der Waals surface area contributed by atoms with Gasteiger partial charge in [-0.25, -0.2) is 4.98 Å². The summed E-state index contributed by atoms with van der Waals surface area (Å²) in [7, 11) is 0. The number of β-amino-alcohol motifs (C(OH)–C–C–N with tert-alkyl or cyclic N) is 1. The summed E-state index contributed by atoms with van der Waals surface area (Å²) in [5.41, 5.74) is 2.52. The van der Waals surface area contributed by atoms with Crippen molar-refractivity contribution in [3.8, 4) is 0 Å². The first-order chi connectivity index (χ1) is 15.7. The van der Waals surface area contributed by atoms with Gasteiger partial charge in [0.25, 0.3) is 5.91 Å². The number of hydrogen-bond acceptors (Lipinski definition) is 5. The SMILES string of the molecule is CSCC[C@@H](NC(=O)c1ccccc1)c1nc2ccccc2n1C[C@H](O)CN1CCCC1. The molecule has 1 aromatic heterocycles. The molecule has 2 heterocycles. The fourth-order valence-corrected chi connectivity index (χ4v) is 4.89. The average molecular weight is 453 g/mol. The normalized spacial score (nSPS) is 16.3. The Labute approximate surface area is 194 Å². The molecule has 2 atom stereocenters. The molecule has 1 aliphatic rings. The number of carbonyl (C=O) groups is 1. The van der Waals surface area contributed by atoms with E-state index in [0.29, 0.717) is 18.7 Å². The molecule has 170 valence electrons. The van der Waals surface area contributed by atoms with Crippen LogP contribution in [0, 0.1) is 0 Å². The van der Waals surface area contributed by atoms with Gasteiger partial charge in [0.15, 0.2) is 0 Å². The van der Waals surface area contributed by atoms with Gasteiger partial charge in [-0.1, -0.05) is 30.3 Å². The zero-order chi connectivity index (χ0) is 22.3. The number of imidazole rings is 1. The van der Waals surface area contributed by atoms with E-state index in [2.05, 4.69) is 21.0 Å². The number of carbonyl (C=O) groups excluding carboxylic acids is 1. The minimum Gasteiger partial charge on any atom is -0.390 e. The van der Waals surface area contributed by atoms with Crippen LogP contribution in [0.4, 0.5) is 0 Å². The van der Waals surface area contributed by atoms with Crippen LogP contribution in [-0.2, 0) is 6.54 Å². The molecule has 6 nitrogen and oxygen atoms in total. The number of benzene rings is 2. The van der Waals surface area contributed by atoms with Gasteiger partial charge in [0.2, 0.25) is 0 Å². The van der Waals surface area contributed by atoms with Crippen molar-refractivity contribution < 1.29 is 9.90 Å². The molecule has 0 unspecified atom stereocenters. The maximum absolute atomic E-state index is 13.0. The topological polar surface area (TPSA) is 70.4 Å². The highest BCUT2D eigenvalue weighted by Crippen LogP contribution is 2.25. The molecule has 2 aromatic carbocycles. The number of thioether (sulfide) groups is 1. The summed E-state index contributed by atoms with van der Waals surface area (Å²) in [6.45, 7) is 3.23. The van der Waals surface area contributed by atoms with Crippen LogP contribution in [0.1, 0.15) is 41.5 Å². The highest BCUT2D eigenvalue weighted by atomic mass is 32.2. The van der Waals surface area contributed by atoms with Crippen molar-refractivity contribution in [2.24, 2.45) is 0 Å². The number of nitrogens with zero attached hydrogens (tertiary/aromatic N) is 3. The fraction of sp³-hybridized carbons (Fsp3) is 0.440. The fourth-order valence-electron chi connectivity index (χ4n) is 4.42. The average Bonchev–Trinajstić information content (AvgIpc) is 3.45. The van der Waals surface area contributed by atoms with Gasteiger partial charge >= 0.3 is 0 Å². The van der Waals surface area contributed by atoms with Gasteiger partial charge in [-0.3, -0.25) is 4.79 Å². The van der Waals surface area contributed by atoms with E-state index >= 15 is 0 Å². The van der Waals surface area contributed by atoms with Gasteiger partial charge in [-0.2, -0.15) is 11.8 Å². The number of aliphatic hydroxyl groups excluding tert-OH is 1. The molecule has 7 heteroatoms. The van der Waals surface area contributed by atoms with E-state index in [9.17, 15) is 9.90 Å². The van der Waals surface area contributed by atoms with Gasteiger partial charge < -0.3 is 19.9 Å². The van der Waals surface area contributed by atoms with Crippen molar-refractivity contribution in [3.05, 3.63) is 66.0 Å². The van der Waals surface area contributed by atoms with Gasteiger partial charge in [0.1, 0.15) is 5.82 Å². The van der Waals surface area contributed by atoms with Crippen LogP contribution in [0.15, 0.2) is 54.6 Å². The lowest BCUT2D eigenvalue weighted by Crippen LogP contribution is -2.35. The molecule has 32 heavy (non-hydrogen) atoms. The molecule has 0 radical (unpaired) electrons. The van der Waals surface area contributed by atoms with Gasteiger partial charge in [0.05, 0.1) is 29.7 Å². The molecule has 4 rings (SSSR count). The predicted octanol–water partition coefficient (Wildman–Crippen LogP) is 3.72. The molecule has 1 saturated heterocycles. The first kappa shape index (κ1) is 22.8. The number of rotatable bonds is 10. The van der Waals surface area contributed by atoms with Crippen molar-refractivity contribution in [1.29, 1.82) is 0 Å². The molecular weight excluding hydrogens is 420 g/mol. The third-order valence-corrected chi connectivity index (χ3v) is 6.65. The number of fused-ring (bicyclic) bond motifs is 1. The summed E-state index contributed by atoms with van der Waals surface area (Å²) < 4.78 is 2.10. The zero-order valence-corrected chi connectivity index (χ0v) is 19.4. The molecule has 0 spiro atoms. The second kappa shape index (κ2) is 11.0. The Balaban J connectivity index is 1.62. The summed E-state index contributed by atoms with van der Waals surface area (Å²) in [5.74, 6) is 1.61. The molecule has 1 fully saturated rings. The quantitative estimate of drug-likeness (QED) is 0.491. The van der Waals surface area contributed by atoms with Gasteiger partial charge in [0, 0.05) is 12.1 Å². The maximum Gasteiger partial charge on any atom is 0.251 e. The van der Waals surface area contributed by atoms with Crippen LogP contribution in [-0.4, -0.2) is 63.2 Å². The summed E-state index contributed by atoms with van der Waals surface area (Å²) in [6, 6.07) is 17.1. The van der Waals surface area contributed by atoms with Crippen LogP contribution in [0.2, 0.25) is 0 Å². The molecule has 0 saturated carbocycles. The summed E-state index contributed by atoms with van der Waals surface area (Å²) in [5, 5.41) is 14.1. The Hall–Kier alpha value is -2.35. The first-order valence-corrected chi connectivity index (χ1v) is 12.8. The molecule has 0 aliphatic carbocycles. The number of aliphatic hydroxyl groups is 1. The smallest absolute Gasteiger partial charge is 0.251 e. The van der Waals surface area contributed by atoms with Crippen LogP contribution in [0.25, 0.3) is 11.0 Å². The number of amides is 1. The maximum atomic E-state index is 13.0. The summed E-state index contributed by atoms with van der Waals surface area (Å²) in [4.78, 5) is 20.2. The van der Waals surface area contributed by atoms with E-state index < -0.39 is 6.10 Å². The standard InChI is InChI=1S/C25H32N4O2S/c1-32-16-13-22(27-25(31)19-9-3-2-4-10-19)24-26-21-11-5-6-12-23(21)29(24)18-20(30)17-28-14-7-8-15-28/h2-6,9-12,20,22,30H,7-8,13-18H2,1H3,(H,27,31)/t20-,22-/m1/s1. The highest BCUT2D eigenvalue weighted by Gasteiger charge is 2.24. The third-order valence-electron chi connectivity index (χ3n) is 6.01.